The number of ether oxygens (including phenoxy) is 2. The Morgan fingerprint density at radius 2 is 1.72 bits per heavy atom. The minimum absolute atomic E-state index is 0.0931. The second-order valence-electron chi connectivity index (χ2n) is 10.8. The zero-order valence-corrected chi connectivity index (χ0v) is 24.5. The molecule has 0 fully saturated rings. The molecule has 0 spiro atoms. The Morgan fingerprint density at radius 1 is 1.08 bits per heavy atom. The number of anilines is 1. The molecule has 3 amide bonds. The number of amides is 3. The molecule has 2 aromatic rings. The number of hydrogen-bond acceptors (Lipinski definition) is 5. The van der Waals surface area contributed by atoms with E-state index in [0.29, 0.717) is 23.4 Å². The minimum Gasteiger partial charge on any atom is -0.497 e. The Balaban J connectivity index is 2.57. The van der Waals surface area contributed by atoms with Gasteiger partial charge in [0.25, 0.3) is 5.91 Å². The first-order valence-electron chi connectivity index (χ1n) is 13.2. The molecule has 8 heteroatoms. The van der Waals surface area contributed by atoms with Crippen molar-refractivity contribution in [2.24, 2.45) is 5.92 Å². The Labute approximate surface area is 232 Å². The summed E-state index contributed by atoms with van der Waals surface area (Å²) >= 11 is 0. The molecule has 0 aliphatic carbocycles. The first-order valence-corrected chi connectivity index (χ1v) is 13.2. The van der Waals surface area contributed by atoms with Gasteiger partial charge in [-0.05, 0) is 75.9 Å². The maximum atomic E-state index is 14.2. The highest BCUT2D eigenvalue weighted by molar-refractivity contribution is 5.99. The third-order valence-corrected chi connectivity index (χ3v) is 6.41. The molecule has 39 heavy (non-hydrogen) atoms. The van der Waals surface area contributed by atoms with Crippen LogP contribution >= 0.6 is 0 Å². The number of alkyl carbamates (subject to hydrolysis) is 1. The van der Waals surface area contributed by atoms with Crippen LogP contribution in [0.4, 0.5) is 10.5 Å². The number of nitrogens with zero attached hydrogens (tertiary/aromatic N) is 1. The molecule has 2 aromatic carbocycles. The molecule has 0 bridgehead atoms. The predicted molar refractivity (Wildman–Crippen MR) is 155 cm³/mol. The molecule has 2 N–H and O–H groups in total. The van der Waals surface area contributed by atoms with E-state index in [-0.39, 0.29) is 18.4 Å². The van der Waals surface area contributed by atoms with Crippen LogP contribution in [0.1, 0.15) is 63.8 Å². The van der Waals surface area contributed by atoms with Gasteiger partial charge in [-0.25, -0.2) is 4.79 Å². The molecule has 0 heterocycles. The van der Waals surface area contributed by atoms with Gasteiger partial charge in [0.2, 0.25) is 5.91 Å². The van der Waals surface area contributed by atoms with Gasteiger partial charge >= 0.3 is 6.09 Å². The normalized spacial score (nSPS) is 13.4. The van der Waals surface area contributed by atoms with Gasteiger partial charge in [-0.1, -0.05) is 50.1 Å². The number of aryl methyl sites for hydroxylation is 2. The molecule has 8 nitrogen and oxygen atoms in total. The molecule has 0 aromatic heterocycles. The van der Waals surface area contributed by atoms with Crippen molar-refractivity contribution in [1.82, 2.24) is 10.2 Å². The van der Waals surface area contributed by atoms with Crippen molar-refractivity contribution >= 4 is 23.6 Å². The van der Waals surface area contributed by atoms with Gasteiger partial charge in [0.1, 0.15) is 23.4 Å². The molecule has 2 rings (SSSR count). The number of nitrogens with one attached hydrogen (secondary N) is 2. The van der Waals surface area contributed by atoms with Crippen molar-refractivity contribution in [2.75, 3.05) is 19.0 Å². The molecule has 0 aliphatic heterocycles. The van der Waals surface area contributed by atoms with Gasteiger partial charge in [0.15, 0.2) is 0 Å². The monoisotopic (exact) mass is 537 g/mol. The van der Waals surface area contributed by atoms with Crippen LogP contribution in [0, 0.1) is 19.8 Å². The van der Waals surface area contributed by atoms with Gasteiger partial charge in [-0.3, -0.25) is 9.59 Å². The quantitative estimate of drug-likeness (QED) is 0.346. The highest BCUT2D eigenvalue weighted by Crippen LogP contribution is 2.29. The van der Waals surface area contributed by atoms with Gasteiger partial charge in [0.05, 0.1) is 7.11 Å². The van der Waals surface area contributed by atoms with E-state index in [1.807, 2.05) is 45.9 Å². The van der Waals surface area contributed by atoms with E-state index in [2.05, 4.69) is 17.2 Å². The van der Waals surface area contributed by atoms with Crippen LogP contribution in [-0.4, -0.2) is 48.1 Å². The molecular formula is C31H43N3O5. The molecule has 0 aliphatic rings. The van der Waals surface area contributed by atoms with Crippen molar-refractivity contribution in [3.63, 3.8) is 0 Å². The van der Waals surface area contributed by atoms with E-state index >= 15 is 0 Å². The zero-order chi connectivity index (χ0) is 29.3. The van der Waals surface area contributed by atoms with Crippen LogP contribution in [0.3, 0.4) is 0 Å². The second kappa shape index (κ2) is 13.8. The van der Waals surface area contributed by atoms with E-state index in [1.54, 1.807) is 58.2 Å². The Kier molecular flexibility index (Phi) is 11.1. The molecule has 0 saturated heterocycles. The smallest absolute Gasteiger partial charge is 0.408 e. The van der Waals surface area contributed by atoms with Crippen LogP contribution in [0.25, 0.3) is 0 Å². The maximum absolute atomic E-state index is 14.2. The van der Waals surface area contributed by atoms with Gasteiger partial charge in [-0.2, -0.15) is 0 Å². The van der Waals surface area contributed by atoms with E-state index in [9.17, 15) is 14.4 Å². The first-order chi connectivity index (χ1) is 18.3. The van der Waals surface area contributed by atoms with Crippen LogP contribution < -0.4 is 15.4 Å². The Morgan fingerprint density at radius 3 is 2.26 bits per heavy atom. The SMILES string of the molecule is C=CCN(C(=O)C(NC(=O)OC(C)(C)C)C(C)CC)C(C(=O)Nc1ccc(OC)cc1)c1cc(C)ccc1C. The topological polar surface area (TPSA) is 97.0 Å². The summed E-state index contributed by atoms with van der Waals surface area (Å²) in [5.41, 5.74) is 2.34. The Hall–Kier alpha value is -3.81. The standard InChI is InChI=1S/C31H43N3O5/c1-10-18-34(29(36)26(21(4)11-2)33-30(37)39-31(6,7)8)27(25-19-20(3)12-13-22(25)5)28(35)32-23-14-16-24(38-9)17-15-23/h10,12-17,19,21,26-27H,1,11,18H2,2-9H3,(H,32,35)(H,33,37). The largest absolute Gasteiger partial charge is 0.497 e. The summed E-state index contributed by atoms with van der Waals surface area (Å²) in [6, 6.07) is 10.9. The van der Waals surface area contributed by atoms with E-state index in [4.69, 9.17) is 9.47 Å². The van der Waals surface area contributed by atoms with Crippen LogP contribution in [-0.2, 0) is 14.3 Å². The molecular weight excluding hydrogens is 494 g/mol. The average Bonchev–Trinajstić information content (AvgIpc) is 2.87. The van der Waals surface area contributed by atoms with Crippen LogP contribution in [0.15, 0.2) is 55.1 Å². The second-order valence-corrected chi connectivity index (χ2v) is 10.8. The number of hydrogen-bond donors (Lipinski definition) is 2. The van der Waals surface area contributed by atoms with E-state index < -0.39 is 29.7 Å². The summed E-state index contributed by atoms with van der Waals surface area (Å²) in [5.74, 6) is -0.344. The first kappa shape index (κ1) is 31.4. The van der Waals surface area contributed by atoms with E-state index in [1.165, 1.54) is 4.90 Å². The minimum atomic E-state index is -0.982. The third kappa shape index (κ3) is 8.87. The fraction of sp³-hybridized carbons (Fsp3) is 0.452. The van der Waals surface area contributed by atoms with Gasteiger partial charge in [-0.15, -0.1) is 6.58 Å². The van der Waals surface area contributed by atoms with Crippen molar-refractivity contribution in [3.8, 4) is 5.75 Å². The lowest BCUT2D eigenvalue weighted by molar-refractivity contribution is -0.141. The van der Waals surface area contributed by atoms with Crippen molar-refractivity contribution in [2.45, 2.75) is 72.6 Å². The number of benzene rings is 2. The summed E-state index contributed by atoms with van der Waals surface area (Å²) in [7, 11) is 1.57. The summed E-state index contributed by atoms with van der Waals surface area (Å²) in [6.45, 7) is 16.9. The molecule has 3 unspecified atom stereocenters. The molecule has 0 saturated carbocycles. The number of rotatable bonds is 11. The van der Waals surface area contributed by atoms with Gasteiger partial charge < -0.3 is 25.0 Å². The summed E-state index contributed by atoms with van der Waals surface area (Å²) in [4.78, 5) is 42.3. The number of carbonyl (C=O) groups excluding carboxylic acids is 3. The molecule has 212 valence electrons. The average molecular weight is 538 g/mol. The van der Waals surface area contributed by atoms with Crippen LogP contribution in [0.5, 0.6) is 5.75 Å². The van der Waals surface area contributed by atoms with Crippen molar-refractivity contribution in [1.29, 1.82) is 0 Å². The predicted octanol–water partition coefficient (Wildman–Crippen LogP) is 5.95. The lowest BCUT2D eigenvalue weighted by Crippen LogP contribution is -2.54. The fourth-order valence-electron chi connectivity index (χ4n) is 4.15. The van der Waals surface area contributed by atoms with Crippen LogP contribution in [0.2, 0.25) is 0 Å². The number of methoxy groups -OCH3 is 1. The third-order valence-electron chi connectivity index (χ3n) is 6.41. The maximum Gasteiger partial charge on any atom is 0.408 e. The van der Waals surface area contributed by atoms with Gasteiger partial charge in [0, 0.05) is 12.2 Å². The number of carbonyl (C=O) groups is 3. The highest BCUT2D eigenvalue weighted by atomic mass is 16.6. The Bertz CT molecular complexity index is 1150. The zero-order valence-electron chi connectivity index (χ0n) is 24.5. The fourth-order valence-corrected chi connectivity index (χ4v) is 4.15. The van der Waals surface area contributed by atoms with E-state index in [0.717, 1.165) is 11.1 Å². The molecule has 3 atom stereocenters. The molecule has 0 radical (unpaired) electrons. The summed E-state index contributed by atoms with van der Waals surface area (Å²) in [6.07, 6.45) is 1.52. The lowest BCUT2D eigenvalue weighted by Gasteiger charge is -2.36. The summed E-state index contributed by atoms with van der Waals surface area (Å²) < 4.78 is 10.7. The van der Waals surface area contributed by atoms with Crippen molar-refractivity contribution in [3.05, 3.63) is 71.8 Å². The summed E-state index contributed by atoms with van der Waals surface area (Å²) in [5, 5.41) is 5.72. The van der Waals surface area contributed by atoms with Crippen molar-refractivity contribution < 1.29 is 23.9 Å². The lowest BCUT2D eigenvalue weighted by atomic mass is 9.93. The highest BCUT2D eigenvalue weighted by Gasteiger charge is 2.38.